The minimum Gasteiger partial charge on any atom is -0.337 e. The number of aromatic nitrogens is 4. The Hall–Kier alpha value is -1.69. The summed E-state index contributed by atoms with van der Waals surface area (Å²) in [4.78, 5) is 4.36. The Balaban J connectivity index is 1.87. The lowest BCUT2D eigenvalue weighted by molar-refractivity contribution is 0.345. The molecule has 0 aromatic carbocycles. The standard InChI is InChI=1S/C10H13N5O/c1-15-6-4-7(13-15)9-12-10(16-14-9)8-3-2-5-11-8/h4,6,8,11H,2-3,5H2,1H3/t8-/m1/s1. The van der Waals surface area contributed by atoms with E-state index in [1.54, 1.807) is 4.68 Å². The Morgan fingerprint density at radius 1 is 1.56 bits per heavy atom. The monoisotopic (exact) mass is 219 g/mol. The highest BCUT2D eigenvalue weighted by Gasteiger charge is 2.23. The maximum absolute atomic E-state index is 5.24. The Labute approximate surface area is 92.6 Å². The van der Waals surface area contributed by atoms with Crippen molar-refractivity contribution in [2.45, 2.75) is 18.9 Å². The molecule has 0 amide bonds. The molecule has 2 aromatic rings. The topological polar surface area (TPSA) is 68.8 Å². The van der Waals surface area contributed by atoms with Crippen LogP contribution in [0.25, 0.3) is 11.5 Å². The van der Waals surface area contributed by atoms with Crippen molar-refractivity contribution in [3.63, 3.8) is 0 Å². The average Bonchev–Trinajstić information content (AvgIpc) is 2.97. The van der Waals surface area contributed by atoms with E-state index in [2.05, 4.69) is 20.6 Å². The minimum absolute atomic E-state index is 0.213. The number of aryl methyl sites for hydroxylation is 1. The van der Waals surface area contributed by atoms with E-state index in [1.165, 1.54) is 0 Å². The molecule has 1 fully saturated rings. The lowest BCUT2D eigenvalue weighted by Crippen LogP contribution is -2.12. The molecule has 1 aliphatic rings. The van der Waals surface area contributed by atoms with Crippen molar-refractivity contribution >= 4 is 0 Å². The van der Waals surface area contributed by atoms with Crippen LogP contribution in [-0.4, -0.2) is 26.5 Å². The van der Waals surface area contributed by atoms with E-state index < -0.39 is 0 Å². The fourth-order valence-electron chi connectivity index (χ4n) is 1.91. The molecule has 2 aromatic heterocycles. The summed E-state index contributed by atoms with van der Waals surface area (Å²) < 4.78 is 6.96. The van der Waals surface area contributed by atoms with Gasteiger partial charge in [0.1, 0.15) is 5.69 Å². The van der Waals surface area contributed by atoms with Crippen LogP contribution in [0.1, 0.15) is 24.8 Å². The normalized spacial score (nSPS) is 20.4. The van der Waals surface area contributed by atoms with Crippen LogP contribution in [-0.2, 0) is 7.05 Å². The number of rotatable bonds is 2. The minimum atomic E-state index is 0.213. The van der Waals surface area contributed by atoms with Crippen molar-refractivity contribution in [3.05, 3.63) is 18.2 Å². The molecule has 6 nitrogen and oxygen atoms in total. The number of nitrogens with zero attached hydrogens (tertiary/aromatic N) is 4. The van der Waals surface area contributed by atoms with Gasteiger partial charge in [-0.15, -0.1) is 0 Å². The second kappa shape index (κ2) is 3.71. The molecular formula is C10H13N5O. The first-order valence-electron chi connectivity index (χ1n) is 5.40. The predicted octanol–water partition coefficient (Wildman–Crippen LogP) is 0.895. The molecule has 16 heavy (non-hydrogen) atoms. The van der Waals surface area contributed by atoms with Gasteiger partial charge in [-0.25, -0.2) is 0 Å². The molecule has 0 aliphatic carbocycles. The van der Waals surface area contributed by atoms with Gasteiger partial charge in [-0.05, 0) is 25.5 Å². The van der Waals surface area contributed by atoms with Crippen LogP contribution >= 0.6 is 0 Å². The molecule has 0 saturated carbocycles. The van der Waals surface area contributed by atoms with Gasteiger partial charge >= 0.3 is 0 Å². The molecule has 1 aliphatic heterocycles. The van der Waals surface area contributed by atoms with Crippen molar-refractivity contribution in [2.75, 3.05) is 6.54 Å². The van der Waals surface area contributed by atoms with Crippen LogP contribution < -0.4 is 5.32 Å². The number of hydrogen-bond donors (Lipinski definition) is 1. The second-order valence-corrected chi connectivity index (χ2v) is 3.98. The Kier molecular flexibility index (Phi) is 2.21. The lowest BCUT2D eigenvalue weighted by Gasteiger charge is -2.00. The highest BCUT2D eigenvalue weighted by atomic mass is 16.5. The Bertz CT molecular complexity index is 483. The fourth-order valence-corrected chi connectivity index (χ4v) is 1.91. The largest absolute Gasteiger partial charge is 0.337 e. The third kappa shape index (κ3) is 1.61. The van der Waals surface area contributed by atoms with E-state index >= 15 is 0 Å². The van der Waals surface area contributed by atoms with E-state index in [9.17, 15) is 0 Å². The zero-order valence-corrected chi connectivity index (χ0v) is 9.05. The van der Waals surface area contributed by atoms with Crippen LogP contribution in [0.15, 0.2) is 16.8 Å². The zero-order chi connectivity index (χ0) is 11.0. The summed E-state index contributed by atoms with van der Waals surface area (Å²) in [7, 11) is 1.86. The SMILES string of the molecule is Cn1ccc(-c2noc([C@H]3CCCN3)n2)n1. The van der Waals surface area contributed by atoms with Gasteiger partial charge in [-0.1, -0.05) is 5.16 Å². The first-order chi connectivity index (χ1) is 7.83. The fraction of sp³-hybridized carbons (Fsp3) is 0.500. The van der Waals surface area contributed by atoms with E-state index in [1.807, 2.05) is 19.3 Å². The van der Waals surface area contributed by atoms with Crippen LogP contribution in [0.2, 0.25) is 0 Å². The van der Waals surface area contributed by atoms with Crippen LogP contribution in [0.4, 0.5) is 0 Å². The van der Waals surface area contributed by atoms with Gasteiger partial charge in [0.15, 0.2) is 0 Å². The van der Waals surface area contributed by atoms with Crippen molar-refractivity contribution in [1.82, 2.24) is 25.2 Å². The van der Waals surface area contributed by atoms with Gasteiger partial charge in [0, 0.05) is 13.2 Å². The summed E-state index contributed by atoms with van der Waals surface area (Å²) in [5.74, 6) is 1.22. The van der Waals surface area contributed by atoms with E-state index in [-0.39, 0.29) is 6.04 Å². The molecule has 0 spiro atoms. The molecule has 0 bridgehead atoms. The van der Waals surface area contributed by atoms with Crippen molar-refractivity contribution < 1.29 is 4.52 Å². The van der Waals surface area contributed by atoms with Gasteiger partial charge in [-0.3, -0.25) is 4.68 Å². The van der Waals surface area contributed by atoms with Crippen LogP contribution in [0, 0.1) is 0 Å². The molecular weight excluding hydrogens is 206 g/mol. The van der Waals surface area contributed by atoms with Gasteiger partial charge < -0.3 is 9.84 Å². The van der Waals surface area contributed by atoms with E-state index in [4.69, 9.17) is 4.52 Å². The average molecular weight is 219 g/mol. The van der Waals surface area contributed by atoms with Crippen molar-refractivity contribution in [2.24, 2.45) is 7.05 Å². The summed E-state index contributed by atoms with van der Waals surface area (Å²) in [6.45, 7) is 1.02. The summed E-state index contributed by atoms with van der Waals surface area (Å²) in [5, 5.41) is 11.5. The molecule has 3 rings (SSSR count). The van der Waals surface area contributed by atoms with Crippen molar-refractivity contribution in [1.29, 1.82) is 0 Å². The predicted molar refractivity (Wildman–Crippen MR) is 56.5 cm³/mol. The summed E-state index contributed by atoms with van der Waals surface area (Å²) >= 11 is 0. The smallest absolute Gasteiger partial charge is 0.244 e. The molecule has 1 saturated heterocycles. The third-order valence-electron chi connectivity index (χ3n) is 2.74. The lowest BCUT2D eigenvalue weighted by atomic mass is 10.2. The molecule has 84 valence electrons. The first kappa shape index (κ1) is 9.53. The molecule has 6 heteroatoms. The molecule has 1 atom stereocenters. The van der Waals surface area contributed by atoms with Gasteiger partial charge in [-0.2, -0.15) is 10.1 Å². The summed E-state index contributed by atoms with van der Waals surface area (Å²) in [5.41, 5.74) is 0.746. The molecule has 1 N–H and O–H groups in total. The zero-order valence-electron chi connectivity index (χ0n) is 9.05. The summed E-state index contributed by atoms with van der Waals surface area (Å²) in [6.07, 6.45) is 4.08. The van der Waals surface area contributed by atoms with E-state index in [0.29, 0.717) is 11.7 Å². The van der Waals surface area contributed by atoms with E-state index in [0.717, 1.165) is 25.1 Å². The van der Waals surface area contributed by atoms with Gasteiger partial charge in [0.2, 0.25) is 11.7 Å². The first-order valence-corrected chi connectivity index (χ1v) is 5.40. The second-order valence-electron chi connectivity index (χ2n) is 3.98. The highest BCUT2D eigenvalue weighted by Crippen LogP contribution is 2.23. The maximum atomic E-state index is 5.24. The molecule has 0 radical (unpaired) electrons. The summed E-state index contributed by atoms with van der Waals surface area (Å²) in [6, 6.07) is 2.08. The molecule has 0 unspecified atom stereocenters. The van der Waals surface area contributed by atoms with Crippen LogP contribution in [0.5, 0.6) is 0 Å². The Morgan fingerprint density at radius 3 is 3.19 bits per heavy atom. The number of hydrogen-bond acceptors (Lipinski definition) is 5. The number of nitrogens with one attached hydrogen (secondary N) is 1. The van der Waals surface area contributed by atoms with Gasteiger partial charge in [0.05, 0.1) is 6.04 Å². The quantitative estimate of drug-likeness (QED) is 0.812. The van der Waals surface area contributed by atoms with Gasteiger partial charge in [0.25, 0.3) is 0 Å². The van der Waals surface area contributed by atoms with Crippen molar-refractivity contribution in [3.8, 4) is 11.5 Å². The highest BCUT2D eigenvalue weighted by molar-refractivity contribution is 5.46. The third-order valence-corrected chi connectivity index (χ3v) is 2.74. The molecule has 3 heterocycles. The van der Waals surface area contributed by atoms with Crippen LogP contribution in [0.3, 0.4) is 0 Å². The Morgan fingerprint density at radius 2 is 2.50 bits per heavy atom. The maximum Gasteiger partial charge on any atom is 0.244 e.